The third-order valence-electron chi connectivity index (χ3n) is 5.79. The van der Waals surface area contributed by atoms with E-state index in [9.17, 15) is 9.59 Å². The zero-order valence-electron chi connectivity index (χ0n) is 15.7. The number of para-hydroxylation sites is 1. The molecular formula is C19H26N6O2. The molecule has 0 saturated carbocycles. The van der Waals surface area contributed by atoms with Gasteiger partial charge in [0, 0.05) is 31.1 Å². The Morgan fingerprint density at radius 3 is 2.33 bits per heavy atom. The number of H-pyrrole nitrogens is 1. The molecule has 2 aromatic rings. The fraction of sp³-hybridized carbons (Fsp3) is 0.526. The van der Waals surface area contributed by atoms with E-state index in [1.807, 2.05) is 49.1 Å². The van der Waals surface area contributed by atoms with Crippen LogP contribution in [-0.2, 0) is 4.79 Å². The summed E-state index contributed by atoms with van der Waals surface area (Å²) in [4.78, 5) is 27.2. The number of amides is 1. The van der Waals surface area contributed by atoms with Crippen LogP contribution >= 0.6 is 0 Å². The molecule has 0 spiro atoms. The van der Waals surface area contributed by atoms with Gasteiger partial charge in [0.25, 0.3) is 0 Å². The molecule has 8 nitrogen and oxygen atoms in total. The van der Waals surface area contributed by atoms with Crippen molar-refractivity contribution in [2.75, 3.05) is 13.1 Å². The van der Waals surface area contributed by atoms with Gasteiger partial charge in [-0.2, -0.15) is 5.10 Å². The second kappa shape index (κ2) is 7.28. The minimum absolute atomic E-state index is 0.0468. The van der Waals surface area contributed by atoms with Gasteiger partial charge in [-0.1, -0.05) is 18.2 Å². The van der Waals surface area contributed by atoms with Crippen molar-refractivity contribution in [1.82, 2.24) is 30.5 Å². The monoisotopic (exact) mass is 370 g/mol. The molecular weight excluding hydrogens is 344 g/mol. The molecule has 4 rings (SSSR count). The molecule has 0 radical (unpaired) electrons. The molecule has 3 heterocycles. The third-order valence-corrected chi connectivity index (χ3v) is 5.79. The first-order valence-corrected chi connectivity index (χ1v) is 9.59. The highest BCUT2D eigenvalue weighted by Crippen LogP contribution is 2.29. The number of likely N-dealkylation sites (tertiary alicyclic amines) is 1. The number of hydrazine groups is 1. The van der Waals surface area contributed by atoms with Crippen molar-refractivity contribution in [3.63, 3.8) is 0 Å². The van der Waals surface area contributed by atoms with E-state index >= 15 is 0 Å². The summed E-state index contributed by atoms with van der Waals surface area (Å²) >= 11 is 0. The topological polar surface area (TPSA) is 95.1 Å². The smallest absolute Gasteiger partial charge is 0.342 e. The molecule has 2 aliphatic rings. The van der Waals surface area contributed by atoms with Crippen LogP contribution in [0.4, 0.5) is 0 Å². The van der Waals surface area contributed by atoms with Crippen molar-refractivity contribution in [2.24, 2.45) is 5.92 Å². The summed E-state index contributed by atoms with van der Waals surface area (Å²) in [6, 6.07) is 9.80. The molecule has 1 amide bonds. The van der Waals surface area contributed by atoms with Gasteiger partial charge in [0.15, 0.2) is 0 Å². The number of aromatic nitrogens is 3. The lowest BCUT2D eigenvalue weighted by Crippen LogP contribution is -2.46. The Labute approximate surface area is 157 Å². The lowest BCUT2D eigenvalue weighted by Gasteiger charge is -2.34. The van der Waals surface area contributed by atoms with Crippen LogP contribution in [0.5, 0.6) is 0 Å². The molecule has 1 aromatic heterocycles. The Hall–Kier alpha value is -2.45. The van der Waals surface area contributed by atoms with E-state index < -0.39 is 0 Å². The second-order valence-electron chi connectivity index (χ2n) is 7.55. The SMILES string of the molecule is CC1NNC(C)C1C(=O)N1CCC(c2n[nH]c(=O)n2-c2ccccc2)CC1. The number of carbonyl (C=O) groups is 1. The van der Waals surface area contributed by atoms with Crippen LogP contribution in [0.1, 0.15) is 38.4 Å². The van der Waals surface area contributed by atoms with Gasteiger partial charge in [0.2, 0.25) is 5.91 Å². The van der Waals surface area contributed by atoms with E-state index in [1.165, 1.54) is 0 Å². The highest BCUT2D eigenvalue weighted by molar-refractivity contribution is 5.80. The maximum atomic E-state index is 12.9. The van der Waals surface area contributed by atoms with Crippen molar-refractivity contribution < 1.29 is 4.79 Å². The number of benzene rings is 1. The zero-order chi connectivity index (χ0) is 19.0. The van der Waals surface area contributed by atoms with Crippen LogP contribution in [-0.4, -0.2) is 50.7 Å². The van der Waals surface area contributed by atoms with Gasteiger partial charge in [-0.25, -0.2) is 14.5 Å². The molecule has 2 aliphatic heterocycles. The maximum absolute atomic E-state index is 12.9. The van der Waals surface area contributed by atoms with Crippen LogP contribution in [0, 0.1) is 5.92 Å². The Kier molecular flexibility index (Phi) is 4.84. The summed E-state index contributed by atoms with van der Waals surface area (Å²) in [5.74, 6) is 1.06. The van der Waals surface area contributed by atoms with E-state index in [0.29, 0.717) is 13.1 Å². The number of hydrogen-bond donors (Lipinski definition) is 3. The van der Waals surface area contributed by atoms with Gasteiger partial charge in [-0.05, 0) is 38.8 Å². The van der Waals surface area contributed by atoms with Crippen LogP contribution in [0.15, 0.2) is 35.1 Å². The van der Waals surface area contributed by atoms with E-state index in [4.69, 9.17) is 0 Å². The van der Waals surface area contributed by atoms with Gasteiger partial charge >= 0.3 is 5.69 Å². The van der Waals surface area contributed by atoms with Crippen molar-refractivity contribution in [3.05, 3.63) is 46.6 Å². The van der Waals surface area contributed by atoms with Crippen molar-refractivity contribution >= 4 is 5.91 Å². The zero-order valence-corrected chi connectivity index (χ0v) is 15.7. The fourth-order valence-electron chi connectivity index (χ4n) is 4.28. The molecule has 27 heavy (non-hydrogen) atoms. The summed E-state index contributed by atoms with van der Waals surface area (Å²) in [5, 5.41) is 6.87. The molecule has 2 saturated heterocycles. The minimum Gasteiger partial charge on any atom is -0.342 e. The second-order valence-corrected chi connectivity index (χ2v) is 7.55. The molecule has 8 heteroatoms. The van der Waals surface area contributed by atoms with Crippen LogP contribution in [0.3, 0.4) is 0 Å². The van der Waals surface area contributed by atoms with Crippen LogP contribution < -0.4 is 16.5 Å². The summed E-state index contributed by atoms with van der Waals surface area (Å²) in [6.07, 6.45) is 1.61. The molecule has 144 valence electrons. The Bertz CT molecular complexity index is 843. The first kappa shape index (κ1) is 17.9. The third kappa shape index (κ3) is 3.30. The number of hydrogen-bond acceptors (Lipinski definition) is 5. The highest BCUT2D eigenvalue weighted by Gasteiger charge is 2.39. The van der Waals surface area contributed by atoms with Gasteiger partial charge < -0.3 is 4.90 Å². The molecule has 2 atom stereocenters. The minimum atomic E-state index is -0.222. The van der Waals surface area contributed by atoms with E-state index in [1.54, 1.807) is 4.57 Å². The van der Waals surface area contributed by atoms with E-state index in [0.717, 1.165) is 24.4 Å². The fourth-order valence-corrected chi connectivity index (χ4v) is 4.28. The predicted molar refractivity (Wildman–Crippen MR) is 101 cm³/mol. The summed E-state index contributed by atoms with van der Waals surface area (Å²) in [5.41, 5.74) is 6.90. The largest absolute Gasteiger partial charge is 0.347 e. The molecule has 3 N–H and O–H groups in total. The molecule has 1 aromatic carbocycles. The van der Waals surface area contributed by atoms with Gasteiger partial charge in [0.1, 0.15) is 5.82 Å². The highest BCUT2D eigenvalue weighted by atomic mass is 16.2. The molecule has 2 fully saturated rings. The van der Waals surface area contributed by atoms with Crippen LogP contribution in [0.2, 0.25) is 0 Å². The number of carbonyl (C=O) groups excluding carboxylic acids is 1. The number of rotatable bonds is 3. The molecule has 2 unspecified atom stereocenters. The number of piperidine rings is 1. The summed E-state index contributed by atoms with van der Waals surface area (Å²) < 4.78 is 1.65. The average molecular weight is 370 g/mol. The van der Waals surface area contributed by atoms with Gasteiger partial charge in [-0.15, -0.1) is 0 Å². The lowest BCUT2D eigenvalue weighted by atomic mass is 9.91. The molecule has 0 bridgehead atoms. The quantitative estimate of drug-likeness (QED) is 0.742. The Balaban J connectivity index is 1.48. The van der Waals surface area contributed by atoms with Gasteiger partial charge in [-0.3, -0.25) is 15.6 Å². The lowest BCUT2D eigenvalue weighted by molar-refractivity contribution is -0.137. The standard InChI is InChI=1S/C19H26N6O2/c1-12-16(13(2)21-20-12)18(26)24-10-8-14(9-11-24)17-22-23-19(27)25(17)15-6-4-3-5-7-15/h3-7,12-14,16,20-21H,8-11H2,1-2H3,(H,23,27). The number of nitrogens with zero attached hydrogens (tertiary/aromatic N) is 3. The molecule has 0 aliphatic carbocycles. The summed E-state index contributed by atoms with van der Waals surface area (Å²) in [6.45, 7) is 5.45. The Morgan fingerprint density at radius 1 is 1.07 bits per heavy atom. The van der Waals surface area contributed by atoms with E-state index in [-0.39, 0.29) is 35.5 Å². The number of aromatic amines is 1. The maximum Gasteiger partial charge on any atom is 0.347 e. The first-order valence-electron chi connectivity index (χ1n) is 9.59. The predicted octanol–water partition coefficient (Wildman–Crippen LogP) is 0.768. The van der Waals surface area contributed by atoms with Crippen molar-refractivity contribution in [1.29, 1.82) is 0 Å². The number of nitrogens with one attached hydrogen (secondary N) is 3. The van der Waals surface area contributed by atoms with Gasteiger partial charge in [0.05, 0.1) is 11.6 Å². The first-order chi connectivity index (χ1) is 13.1. The normalized spacial score (nSPS) is 26.4. The average Bonchev–Trinajstić information content (AvgIpc) is 3.24. The van der Waals surface area contributed by atoms with Crippen molar-refractivity contribution in [2.45, 2.75) is 44.7 Å². The van der Waals surface area contributed by atoms with Crippen molar-refractivity contribution in [3.8, 4) is 5.69 Å². The summed E-state index contributed by atoms with van der Waals surface area (Å²) in [7, 11) is 0. The Morgan fingerprint density at radius 2 is 1.70 bits per heavy atom. The van der Waals surface area contributed by atoms with E-state index in [2.05, 4.69) is 21.0 Å². The van der Waals surface area contributed by atoms with Crippen LogP contribution in [0.25, 0.3) is 5.69 Å².